The van der Waals surface area contributed by atoms with Crippen molar-refractivity contribution in [3.63, 3.8) is 0 Å². The molecule has 11 heavy (non-hydrogen) atoms. The second-order valence-corrected chi connectivity index (χ2v) is 3.70. The SMILES string of the molecule is COC(C)(C)[C@H]1CCCN1N. The monoisotopic (exact) mass is 158 g/mol. The summed E-state index contributed by atoms with van der Waals surface area (Å²) in [5.74, 6) is 5.79. The molecule has 1 fully saturated rings. The Morgan fingerprint density at radius 1 is 1.55 bits per heavy atom. The van der Waals surface area contributed by atoms with E-state index in [0.717, 1.165) is 13.0 Å². The molecule has 0 bridgehead atoms. The molecule has 0 amide bonds. The van der Waals surface area contributed by atoms with E-state index in [0.29, 0.717) is 6.04 Å². The Hall–Kier alpha value is -0.120. The molecule has 0 saturated carbocycles. The zero-order valence-corrected chi connectivity index (χ0v) is 7.63. The molecule has 3 heteroatoms. The third kappa shape index (κ3) is 1.72. The van der Waals surface area contributed by atoms with Crippen molar-refractivity contribution in [1.82, 2.24) is 5.01 Å². The second kappa shape index (κ2) is 3.09. The number of hydrogen-bond donors (Lipinski definition) is 1. The zero-order chi connectivity index (χ0) is 8.48. The molecule has 0 aromatic carbocycles. The maximum atomic E-state index is 5.79. The van der Waals surface area contributed by atoms with Crippen LogP contribution in [0.1, 0.15) is 26.7 Å². The van der Waals surface area contributed by atoms with E-state index in [-0.39, 0.29) is 5.60 Å². The fraction of sp³-hybridized carbons (Fsp3) is 1.00. The van der Waals surface area contributed by atoms with Gasteiger partial charge in [-0.05, 0) is 26.7 Å². The predicted molar refractivity (Wildman–Crippen MR) is 45.0 cm³/mol. The number of hydrazine groups is 1. The van der Waals surface area contributed by atoms with Crippen molar-refractivity contribution in [3.8, 4) is 0 Å². The van der Waals surface area contributed by atoms with Gasteiger partial charge in [-0.1, -0.05) is 0 Å². The maximum absolute atomic E-state index is 5.79. The molecule has 1 heterocycles. The van der Waals surface area contributed by atoms with Crippen molar-refractivity contribution in [3.05, 3.63) is 0 Å². The average molecular weight is 158 g/mol. The summed E-state index contributed by atoms with van der Waals surface area (Å²) in [4.78, 5) is 0. The topological polar surface area (TPSA) is 38.5 Å². The van der Waals surface area contributed by atoms with Crippen molar-refractivity contribution < 1.29 is 4.74 Å². The Morgan fingerprint density at radius 3 is 2.55 bits per heavy atom. The van der Waals surface area contributed by atoms with Crippen LogP contribution in [0.15, 0.2) is 0 Å². The van der Waals surface area contributed by atoms with Crippen LogP contribution in [0.4, 0.5) is 0 Å². The molecule has 1 aliphatic rings. The van der Waals surface area contributed by atoms with E-state index in [1.165, 1.54) is 6.42 Å². The van der Waals surface area contributed by atoms with Gasteiger partial charge in [0, 0.05) is 13.7 Å². The van der Waals surface area contributed by atoms with Crippen LogP contribution >= 0.6 is 0 Å². The summed E-state index contributed by atoms with van der Waals surface area (Å²) in [6.07, 6.45) is 2.34. The van der Waals surface area contributed by atoms with Crippen LogP contribution in [0.2, 0.25) is 0 Å². The summed E-state index contributed by atoms with van der Waals surface area (Å²) in [5.41, 5.74) is -0.106. The lowest BCUT2D eigenvalue weighted by molar-refractivity contribution is -0.0403. The van der Waals surface area contributed by atoms with Gasteiger partial charge in [-0.15, -0.1) is 0 Å². The molecule has 0 radical (unpaired) electrons. The fourth-order valence-corrected chi connectivity index (χ4v) is 1.67. The standard InChI is InChI=1S/C8H18N2O/c1-8(2,11-3)7-5-4-6-10(7)9/h7H,4-6,9H2,1-3H3/t7-/m1/s1. The molecular formula is C8H18N2O. The van der Waals surface area contributed by atoms with E-state index in [4.69, 9.17) is 10.6 Å². The number of nitrogens with two attached hydrogens (primary N) is 1. The van der Waals surface area contributed by atoms with Gasteiger partial charge in [0.1, 0.15) is 0 Å². The van der Waals surface area contributed by atoms with E-state index in [9.17, 15) is 0 Å². The van der Waals surface area contributed by atoms with Gasteiger partial charge in [-0.3, -0.25) is 5.84 Å². The Morgan fingerprint density at radius 2 is 2.18 bits per heavy atom. The molecule has 0 aromatic rings. The number of ether oxygens (including phenoxy) is 1. The first-order valence-corrected chi connectivity index (χ1v) is 4.14. The third-order valence-corrected chi connectivity index (χ3v) is 2.62. The van der Waals surface area contributed by atoms with Crippen molar-refractivity contribution in [2.45, 2.75) is 38.3 Å². The van der Waals surface area contributed by atoms with Crippen molar-refractivity contribution >= 4 is 0 Å². The van der Waals surface area contributed by atoms with E-state index in [1.54, 1.807) is 7.11 Å². The summed E-state index contributed by atoms with van der Waals surface area (Å²) >= 11 is 0. The molecule has 0 aromatic heterocycles. The maximum Gasteiger partial charge on any atom is 0.0791 e. The highest BCUT2D eigenvalue weighted by atomic mass is 16.5. The molecule has 2 N–H and O–H groups in total. The highest BCUT2D eigenvalue weighted by Gasteiger charge is 2.35. The highest BCUT2D eigenvalue weighted by molar-refractivity contribution is 4.89. The molecule has 0 unspecified atom stereocenters. The molecule has 1 aliphatic heterocycles. The number of rotatable bonds is 2. The largest absolute Gasteiger partial charge is 0.377 e. The first kappa shape index (κ1) is 8.97. The smallest absolute Gasteiger partial charge is 0.0791 e. The van der Waals surface area contributed by atoms with E-state index in [2.05, 4.69) is 13.8 Å². The average Bonchev–Trinajstić information content (AvgIpc) is 2.36. The Bertz CT molecular complexity index is 136. The van der Waals surface area contributed by atoms with Gasteiger partial charge in [0.2, 0.25) is 0 Å². The number of hydrogen-bond acceptors (Lipinski definition) is 3. The minimum absolute atomic E-state index is 0.106. The van der Waals surface area contributed by atoms with Gasteiger partial charge in [0.15, 0.2) is 0 Å². The van der Waals surface area contributed by atoms with Gasteiger partial charge >= 0.3 is 0 Å². The molecule has 0 aliphatic carbocycles. The van der Waals surface area contributed by atoms with Crippen LogP contribution in [0.3, 0.4) is 0 Å². The fourth-order valence-electron chi connectivity index (χ4n) is 1.67. The number of nitrogens with zero attached hydrogens (tertiary/aromatic N) is 1. The molecule has 66 valence electrons. The molecule has 0 spiro atoms. The molecule has 1 rings (SSSR count). The Labute approximate surface area is 68.5 Å². The molecule has 1 atom stereocenters. The quantitative estimate of drug-likeness (QED) is 0.603. The van der Waals surface area contributed by atoms with E-state index >= 15 is 0 Å². The summed E-state index contributed by atoms with van der Waals surface area (Å²) < 4.78 is 5.37. The van der Waals surface area contributed by atoms with Crippen LogP contribution in [0.5, 0.6) is 0 Å². The minimum atomic E-state index is -0.106. The lowest BCUT2D eigenvalue weighted by atomic mass is 9.97. The summed E-state index contributed by atoms with van der Waals surface area (Å²) in [6.45, 7) is 5.17. The van der Waals surface area contributed by atoms with Crippen LogP contribution in [-0.4, -0.2) is 30.3 Å². The first-order valence-electron chi connectivity index (χ1n) is 4.14. The Kier molecular flexibility index (Phi) is 2.52. The van der Waals surface area contributed by atoms with Gasteiger partial charge < -0.3 is 4.74 Å². The lowest BCUT2D eigenvalue weighted by Gasteiger charge is -2.34. The van der Waals surface area contributed by atoms with Crippen molar-refractivity contribution in [1.29, 1.82) is 0 Å². The second-order valence-electron chi connectivity index (χ2n) is 3.70. The third-order valence-electron chi connectivity index (χ3n) is 2.62. The molecular weight excluding hydrogens is 140 g/mol. The van der Waals surface area contributed by atoms with E-state index < -0.39 is 0 Å². The van der Waals surface area contributed by atoms with Crippen LogP contribution < -0.4 is 5.84 Å². The van der Waals surface area contributed by atoms with E-state index in [1.807, 2.05) is 5.01 Å². The van der Waals surface area contributed by atoms with Gasteiger partial charge in [0.25, 0.3) is 0 Å². The normalized spacial score (nSPS) is 27.8. The molecule has 1 saturated heterocycles. The van der Waals surface area contributed by atoms with Crippen LogP contribution in [-0.2, 0) is 4.74 Å². The number of methoxy groups -OCH3 is 1. The lowest BCUT2D eigenvalue weighted by Crippen LogP contribution is -2.49. The van der Waals surface area contributed by atoms with Crippen molar-refractivity contribution in [2.24, 2.45) is 5.84 Å². The first-order chi connectivity index (χ1) is 5.08. The highest BCUT2D eigenvalue weighted by Crippen LogP contribution is 2.26. The van der Waals surface area contributed by atoms with Gasteiger partial charge in [-0.25, -0.2) is 5.01 Å². The van der Waals surface area contributed by atoms with Gasteiger partial charge in [0.05, 0.1) is 11.6 Å². The predicted octanol–water partition coefficient (Wildman–Crippen LogP) is 0.750. The minimum Gasteiger partial charge on any atom is -0.377 e. The Balaban J connectivity index is 2.58. The van der Waals surface area contributed by atoms with Crippen LogP contribution in [0, 0.1) is 0 Å². The van der Waals surface area contributed by atoms with Gasteiger partial charge in [-0.2, -0.15) is 0 Å². The summed E-state index contributed by atoms with van der Waals surface area (Å²) in [6, 6.07) is 0.382. The molecule has 3 nitrogen and oxygen atoms in total. The van der Waals surface area contributed by atoms with Crippen molar-refractivity contribution in [2.75, 3.05) is 13.7 Å². The summed E-state index contributed by atoms with van der Waals surface area (Å²) in [5, 5.41) is 1.89. The van der Waals surface area contributed by atoms with Crippen LogP contribution in [0.25, 0.3) is 0 Å². The summed E-state index contributed by atoms with van der Waals surface area (Å²) in [7, 11) is 1.74. The zero-order valence-electron chi connectivity index (χ0n) is 7.63.